The van der Waals surface area contributed by atoms with Gasteiger partial charge in [0.15, 0.2) is 5.11 Å². The second-order valence-electron chi connectivity index (χ2n) is 11.1. The molecule has 44 heavy (non-hydrogen) atoms. The van der Waals surface area contributed by atoms with Crippen LogP contribution in [0, 0.1) is 0 Å². The zero-order valence-electron chi connectivity index (χ0n) is 24.1. The summed E-state index contributed by atoms with van der Waals surface area (Å²) in [6.07, 6.45) is 1.68. The lowest BCUT2D eigenvalue weighted by Crippen LogP contribution is -2.46. The maximum absolute atomic E-state index is 14.0. The number of imidazole rings is 1. The van der Waals surface area contributed by atoms with Gasteiger partial charge in [0.1, 0.15) is 5.69 Å². The lowest BCUT2D eigenvalue weighted by atomic mass is 9.99. The third-order valence-corrected chi connectivity index (χ3v) is 9.35. The maximum Gasteiger partial charge on any atom is 0.329 e. The molecule has 4 aromatic carbocycles. The minimum Gasteiger partial charge on any atom is -0.352 e. The first-order valence-electron chi connectivity index (χ1n) is 14.9. The maximum atomic E-state index is 14.0. The van der Waals surface area contributed by atoms with E-state index in [9.17, 15) is 4.79 Å². The Bertz CT molecular complexity index is 1870. The third kappa shape index (κ3) is 5.68. The average molecular weight is 617 g/mol. The molecule has 7 nitrogen and oxygen atoms in total. The molecule has 9 heteroatoms. The summed E-state index contributed by atoms with van der Waals surface area (Å²) in [7, 11) is 0. The van der Waals surface area contributed by atoms with Crippen molar-refractivity contribution in [2.75, 3.05) is 13.1 Å². The van der Waals surface area contributed by atoms with Crippen LogP contribution in [-0.2, 0) is 6.54 Å². The molecule has 3 heterocycles. The summed E-state index contributed by atoms with van der Waals surface area (Å²) < 4.78 is 7.87. The molecule has 7 rings (SSSR count). The molecular weight excluding hydrogens is 585 g/mol. The predicted molar refractivity (Wildman–Crippen MR) is 181 cm³/mol. The highest BCUT2D eigenvalue weighted by molar-refractivity contribution is 7.80. The molecule has 220 valence electrons. The second-order valence-corrected chi connectivity index (χ2v) is 12.1. The Morgan fingerprint density at radius 2 is 1.45 bits per heavy atom. The van der Waals surface area contributed by atoms with E-state index in [1.54, 1.807) is 0 Å². The zero-order chi connectivity index (χ0) is 29.9. The largest absolute Gasteiger partial charge is 0.352 e. The first kappa shape index (κ1) is 28.2. The Hall–Kier alpha value is -4.60. The Morgan fingerprint density at radius 3 is 2.07 bits per heavy atom. The summed E-state index contributed by atoms with van der Waals surface area (Å²) in [5, 5.41) is 10.5. The SMILES string of the molecule is O=c1n(Cc2ccc(-c3csnn3)cc2)c2ccccc2n1C1CCN(C(=S)NC(c2ccccc2)c2ccccc2)CC1. The fraction of sp³-hybridized carbons (Fsp3) is 0.200. The van der Waals surface area contributed by atoms with Crippen LogP contribution < -0.4 is 11.0 Å². The van der Waals surface area contributed by atoms with E-state index in [2.05, 4.69) is 86.5 Å². The van der Waals surface area contributed by atoms with Gasteiger partial charge in [-0.1, -0.05) is 102 Å². The van der Waals surface area contributed by atoms with E-state index in [0.29, 0.717) is 6.54 Å². The monoisotopic (exact) mass is 616 g/mol. The molecule has 1 fully saturated rings. The van der Waals surface area contributed by atoms with E-state index < -0.39 is 0 Å². The lowest BCUT2D eigenvalue weighted by Gasteiger charge is -2.35. The molecular formula is C35H32N6OS2. The molecule has 2 aromatic heterocycles. The number of rotatable bonds is 7. The number of likely N-dealkylation sites (tertiary alicyclic amines) is 1. The van der Waals surface area contributed by atoms with Gasteiger partial charge in [0.2, 0.25) is 0 Å². The van der Waals surface area contributed by atoms with E-state index in [1.165, 1.54) is 22.7 Å². The van der Waals surface area contributed by atoms with Crippen molar-refractivity contribution in [1.29, 1.82) is 0 Å². The van der Waals surface area contributed by atoms with E-state index >= 15 is 0 Å². The second kappa shape index (κ2) is 12.6. The van der Waals surface area contributed by atoms with Gasteiger partial charge in [-0.05, 0) is 65.4 Å². The molecule has 0 atom stereocenters. The number of nitrogens with zero attached hydrogens (tertiary/aromatic N) is 5. The number of nitrogens with one attached hydrogen (secondary N) is 1. The fourth-order valence-corrected chi connectivity index (χ4v) is 6.95. The van der Waals surface area contributed by atoms with E-state index in [1.807, 2.05) is 57.0 Å². The minimum absolute atomic E-state index is 0.0320. The van der Waals surface area contributed by atoms with Crippen molar-refractivity contribution in [3.05, 3.63) is 142 Å². The van der Waals surface area contributed by atoms with Crippen LogP contribution in [0.4, 0.5) is 0 Å². The first-order chi connectivity index (χ1) is 21.7. The van der Waals surface area contributed by atoms with Gasteiger partial charge in [0.05, 0.1) is 23.6 Å². The first-order valence-corrected chi connectivity index (χ1v) is 16.1. The number of piperidine rings is 1. The quantitative estimate of drug-likeness (QED) is 0.202. The Balaban J connectivity index is 1.08. The highest BCUT2D eigenvalue weighted by Crippen LogP contribution is 2.28. The van der Waals surface area contributed by atoms with Crippen molar-refractivity contribution in [2.24, 2.45) is 0 Å². The predicted octanol–water partition coefficient (Wildman–Crippen LogP) is 6.67. The van der Waals surface area contributed by atoms with Gasteiger partial charge in [-0.2, -0.15) is 0 Å². The smallest absolute Gasteiger partial charge is 0.329 e. The molecule has 6 aromatic rings. The molecule has 0 amide bonds. The summed E-state index contributed by atoms with van der Waals surface area (Å²) in [6, 6.07) is 37.3. The molecule has 1 aliphatic rings. The van der Waals surface area contributed by atoms with E-state index in [4.69, 9.17) is 12.2 Å². The van der Waals surface area contributed by atoms with Crippen LogP contribution >= 0.6 is 23.8 Å². The van der Waals surface area contributed by atoms with Crippen LogP contribution in [0.1, 0.15) is 41.6 Å². The fourth-order valence-electron chi connectivity index (χ4n) is 6.18. The van der Waals surface area contributed by atoms with Gasteiger partial charge >= 0.3 is 5.69 Å². The van der Waals surface area contributed by atoms with Crippen molar-refractivity contribution in [2.45, 2.75) is 31.5 Å². The van der Waals surface area contributed by atoms with Crippen molar-refractivity contribution < 1.29 is 0 Å². The van der Waals surface area contributed by atoms with Gasteiger partial charge in [-0.3, -0.25) is 9.13 Å². The minimum atomic E-state index is -0.0320. The number of hydrogen-bond donors (Lipinski definition) is 1. The molecule has 0 bridgehead atoms. The Labute approximate surface area is 265 Å². The highest BCUT2D eigenvalue weighted by Gasteiger charge is 2.27. The van der Waals surface area contributed by atoms with Gasteiger partial charge in [0, 0.05) is 30.1 Å². The van der Waals surface area contributed by atoms with Crippen LogP contribution in [0.5, 0.6) is 0 Å². The van der Waals surface area contributed by atoms with Crippen molar-refractivity contribution in [3.63, 3.8) is 0 Å². The highest BCUT2D eigenvalue weighted by atomic mass is 32.1. The molecule has 0 radical (unpaired) electrons. The summed E-state index contributed by atoms with van der Waals surface area (Å²) in [5.41, 5.74) is 7.27. The molecule has 1 N–H and O–H groups in total. The van der Waals surface area contributed by atoms with Crippen LogP contribution in [-0.4, -0.2) is 41.8 Å². The van der Waals surface area contributed by atoms with Crippen LogP contribution in [0.3, 0.4) is 0 Å². The molecule has 1 aliphatic heterocycles. The van der Waals surface area contributed by atoms with Crippen molar-refractivity contribution >= 4 is 39.9 Å². The van der Waals surface area contributed by atoms with Crippen LogP contribution in [0.15, 0.2) is 119 Å². The lowest BCUT2D eigenvalue weighted by molar-refractivity contribution is 0.262. The summed E-state index contributed by atoms with van der Waals surface area (Å²) in [6.45, 7) is 2.08. The van der Waals surface area contributed by atoms with Gasteiger partial charge < -0.3 is 10.2 Å². The number of hydrogen-bond acceptors (Lipinski definition) is 5. The van der Waals surface area contributed by atoms with Gasteiger partial charge in [-0.25, -0.2) is 4.79 Å². The third-order valence-electron chi connectivity index (χ3n) is 8.47. The zero-order valence-corrected chi connectivity index (χ0v) is 25.8. The number of benzene rings is 4. The standard InChI is InChI=1S/C35H32N6OS2/c42-35-40(23-25-15-17-26(18-16-25)30-24-44-38-37-30)31-13-7-8-14-32(31)41(35)29-19-21-39(22-20-29)34(43)36-33(27-9-3-1-4-10-27)28-11-5-2-6-12-28/h1-18,24,29,33H,19-23H2,(H,36,43). The van der Waals surface area contributed by atoms with E-state index in [0.717, 1.165) is 58.9 Å². The number of para-hydroxylation sites is 2. The molecule has 0 unspecified atom stereocenters. The summed E-state index contributed by atoms with van der Waals surface area (Å²) in [5.74, 6) is 0. The van der Waals surface area contributed by atoms with Crippen molar-refractivity contribution in [1.82, 2.24) is 28.9 Å². The summed E-state index contributed by atoms with van der Waals surface area (Å²) in [4.78, 5) is 16.2. The Morgan fingerprint density at radius 1 is 0.841 bits per heavy atom. The number of aromatic nitrogens is 4. The van der Waals surface area contributed by atoms with Gasteiger partial charge in [-0.15, -0.1) is 5.10 Å². The average Bonchev–Trinajstić information content (AvgIpc) is 3.72. The normalized spacial score (nSPS) is 13.9. The summed E-state index contributed by atoms with van der Waals surface area (Å²) >= 11 is 7.30. The van der Waals surface area contributed by atoms with Crippen LogP contribution in [0.2, 0.25) is 0 Å². The van der Waals surface area contributed by atoms with Crippen LogP contribution in [0.25, 0.3) is 22.3 Å². The van der Waals surface area contributed by atoms with Crippen molar-refractivity contribution in [3.8, 4) is 11.3 Å². The molecule has 0 aliphatic carbocycles. The number of fused-ring (bicyclic) bond motifs is 1. The van der Waals surface area contributed by atoms with E-state index in [-0.39, 0.29) is 17.8 Å². The van der Waals surface area contributed by atoms with Gasteiger partial charge in [0.25, 0.3) is 0 Å². The Kier molecular flexibility index (Phi) is 8.04. The molecule has 0 spiro atoms. The topological polar surface area (TPSA) is 68.0 Å². The number of thiocarbonyl (C=S) groups is 1. The molecule has 0 saturated carbocycles. The molecule has 1 saturated heterocycles.